The van der Waals surface area contributed by atoms with Crippen molar-refractivity contribution in [3.63, 3.8) is 0 Å². The summed E-state index contributed by atoms with van der Waals surface area (Å²) in [6.45, 7) is 7.73. The van der Waals surface area contributed by atoms with Crippen molar-refractivity contribution in [2.24, 2.45) is 11.8 Å². The maximum absolute atomic E-state index is 12.5. The van der Waals surface area contributed by atoms with E-state index in [2.05, 4.69) is 10.9 Å². The predicted octanol–water partition coefficient (Wildman–Crippen LogP) is 2.83. The number of aryl methyl sites for hydroxylation is 1. The lowest BCUT2D eigenvalue weighted by Crippen LogP contribution is -2.48. The van der Waals surface area contributed by atoms with Gasteiger partial charge in [-0.25, -0.2) is 0 Å². The number of hydrazine groups is 1. The summed E-state index contributed by atoms with van der Waals surface area (Å²) >= 11 is 1.49. The van der Waals surface area contributed by atoms with E-state index >= 15 is 0 Å². The van der Waals surface area contributed by atoms with E-state index in [-0.39, 0.29) is 5.91 Å². The summed E-state index contributed by atoms with van der Waals surface area (Å²) < 4.78 is 0. The fourth-order valence-corrected chi connectivity index (χ4v) is 4.16. The van der Waals surface area contributed by atoms with Gasteiger partial charge in [0, 0.05) is 10.3 Å². The van der Waals surface area contributed by atoms with Crippen LogP contribution in [0.4, 0.5) is 0 Å². The van der Waals surface area contributed by atoms with Gasteiger partial charge in [-0.05, 0) is 45.6 Å². The summed E-state index contributed by atoms with van der Waals surface area (Å²) in [4.78, 5) is 37.3. The third-order valence-corrected chi connectivity index (χ3v) is 5.87. The third-order valence-electron chi connectivity index (χ3n) is 4.92. The molecule has 0 aliphatic heterocycles. The van der Waals surface area contributed by atoms with E-state index in [1.807, 2.05) is 27.7 Å². The van der Waals surface area contributed by atoms with Gasteiger partial charge in [-0.2, -0.15) is 0 Å². The second-order valence-electron chi connectivity index (χ2n) is 6.50. The maximum Gasteiger partial charge on any atom is 0.307 e. The zero-order valence-corrected chi connectivity index (χ0v) is 15.8. The standard InChI is InChI=1S/C18H24N2O4S/c1-5-12-11(4)25-8-15(12)17(22)20-19-16(21)13-6-9(2)10(3)7-14(13)18(23)24/h8,13-14H,5-7H2,1-4H3,(H,19,21)(H,20,22)(H,23,24)/t13-,14-/m1/s1. The van der Waals surface area contributed by atoms with Crippen molar-refractivity contribution in [3.8, 4) is 0 Å². The van der Waals surface area contributed by atoms with E-state index in [0.717, 1.165) is 28.0 Å². The van der Waals surface area contributed by atoms with Crippen LogP contribution in [0, 0.1) is 18.8 Å². The number of hydrogen-bond acceptors (Lipinski definition) is 4. The van der Waals surface area contributed by atoms with Crippen LogP contribution >= 0.6 is 11.3 Å². The lowest BCUT2D eigenvalue weighted by molar-refractivity contribution is -0.147. The highest BCUT2D eigenvalue weighted by Gasteiger charge is 2.37. The molecule has 1 aromatic rings. The normalized spacial score (nSPS) is 20.3. The summed E-state index contributed by atoms with van der Waals surface area (Å²) in [6.07, 6.45) is 1.48. The Morgan fingerprint density at radius 2 is 1.72 bits per heavy atom. The molecule has 25 heavy (non-hydrogen) atoms. The first-order valence-corrected chi connectivity index (χ1v) is 9.19. The highest BCUT2D eigenvalue weighted by molar-refractivity contribution is 7.10. The first-order valence-electron chi connectivity index (χ1n) is 8.31. The SMILES string of the molecule is CCc1c(C(=O)NNC(=O)[C@@H]2CC(C)=C(C)C[C@H]2C(=O)O)csc1C. The minimum atomic E-state index is -0.986. The molecule has 6 nitrogen and oxygen atoms in total. The van der Waals surface area contributed by atoms with Crippen LogP contribution in [0.25, 0.3) is 0 Å². The van der Waals surface area contributed by atoms with Gasteiger partial charge >= 0.3 is 5.97 Å². The summed E-state index contributed by atoms with van der Waals surface area (Å²) in [5.74, 6) is -3.27. The van der Waals surface area contributed by atoms with E-state index < -0.39 is 23.7 Å². The number of amides is 2. The monoisotopic (exact) mass is 364 g/mol. The molecule has 1 heterocycles. The number of rotatable bonds is 4. The Labute approximate surface area is 151 Å². The van der Waals surface area contributed by atoms with Crippen LogP contribution in [0.1, 0.15) is 54.4 Å². The van der Waals surface area contributed by atoms with Gasteiger partial charge in [-0.3, -0.25) is 25.2 Å². The molecule has 0 aromatic carbocycles. The second-order valence-corrected chi connectivity index (χ2v) is 7.58. The molecule has 1 aliphatic rings. The van der Waals surface area contributed by atoms with E-state index in [9.17, 15) is 19.5 Å². The van der Waals surface area contributed by atoms with Crippen LogP contribution < -0.4 is 10.9 Å². The molecule has 2 rings (SSSR count). The van der Waals surface area contributed by atoms with Crippen molar-refractivity contribution in [3.05, 3.63) is 32.5 Å². The Bertz CT molecular complexity index is 735. The van der Waals surface area contributed by atoms with Crippen molar-refractivity contribution in [1.29, 1.82) is 0 Å². The van der Waals surface area contributed by atoms with Crippen LogP contribution in [0.2, 0.25) is 0 Å². The minimum Gasteiger partial charge on any atom is -0.481 e. The summed E-state index contributed by atoms with van der Waals surface area (Å²) in [5, 5.41) is 11.2. The molecule has 0 spiro atoms. The smallest absolute Gasteiger partial charge is 0.307 e. The lowest BCUT2D eigenvalue weighted by Gasteiger charge is -2.29. The largest absolute Gasteiger partial charge is 0.481 e. The number of allylic oxidation sites excluding steroid dienone is 2. The molecule has 0 saturated heterocycles. The van der Waals surface area contributed by atoms with Crippen LogP contribution in [0.3, 0.4) is 0 Å². The van der Waals surface area contributed by atoms with Gasteiger partial charge in [0.05, 0.1) is 17.4 Å². The number of aliphatic carboxylic acids is 1. The molecule has 1 aliphatic carbocycles. The van der Waals surface area contributed by atoms with Crippen molar-refractivity contribution < 1.29 is 19.5 Å². The zero-order valence-electron chi connectivity index (χ0n) is 14.9. The Hall–Kier alpha value is -2.15. The van der Waals surface area contributed by atoms with Gasteiger partial charge in [-0.15, -0.1) is 11.3 Å². The van der Waals surface area contributed by atoms with Crippen molar-refractivity contribution >= 4 is 29.1 Å². The number of carboxylic acids is 1. The molecule has 7 heteroatoms. The molecule has 1 aromatic heterocycles. The van der Waals surface area contributed by atoms with Gasteiger partial charge in [0.15, 0.2) is 0 Å². The quantitative estimate of drug-likeness (QED) is 0.565. The molecule has 0 fully saturated rings. The Morgan fingerprint density at radius 3 is 2.28 bits per heavy atom. The van der Waals surface area contributed by atoms with Crippen LogP contribution in [0.5, 0.6) is 0 Å². The number of hydrogen-bond donors (Lipinski definition) is 3. The predicted molar refractivity (Wildman–Crippen MR) is 96.3 cm³/mol. The van der Waals surface area contributed by atoms with Gasteiger partial charge in [-0.1, -0.05) is 18.1 Å². The van der Waals surface area contributed by atoms with Gasteiger partial charge in [0.2, 0.25) is 5.91 Å². The Morgan fingerprint density at radius 1 is 1.12 bits per heavy atom. The minimum absolute atomic E-state index is 0.358. The first-order chi connectivity index (χ1) is 11.8. The summed E-state index contributed by atoms with van der Waals surface area (Å²) in [6, 6.07) is 0. The van der Waals surface area contributed by atoms with Crippen molar-refractivity contribution in [2.45, 2.75) is 47.0 Å². The van der Waals surface area contributed by atoms with Gasteiger partial charge in [0.25, 0.3) is 5.91 Å². The topological polar surface area (TPSA) is 95.5 Å². The van der Waals surface area contributed by atoms with E-state index in [1.165, 1.54) is 11.3 Å². The highest BCUT2D eigenvalue weighted by atomic mass is 32.1. The van der Waals surface area contributed by atoms with E-state index in [1.54, 1.807) is 5.38 Å². The number of carbonyl (C=O) groups is 3. The molecule has 0 unspecified atom stereocenters. The van der Waals surface area contributed by atoms with Gasteiger partial charge < -0.3 is 5.11 Å². The van der Waals surface area contributed by atoms with E-state index in [0.29, 0.717) is 18.4 Å². The average molecular weight is 364 g/mol. The molecular weight excluding hydrogens is 340 g/mol. The molecule has 2 atom stereocenters. The number of carboxylic acid groups (broad SMARTS) is 1. The van der Waals surface area contributed by atoms with Gasteiger partial charge in [0.1, 0.15) is 0 Å². The molecule has 0 bridgehead atoms. The molecule has 0 saturated carbocycles. The third kappa shape index (κ3) is 4.10. The molecule has 136 valence electrons. The molecular formula is C18H24N2O4S. The fraction of sp³-hybridized carbons (Fsp3) is 0.500. The zero-order chi connectivity index (χ0) is 18.7. The first kappa shape index (κ1) is 19.2. The van der Waals surface area contributed by atoms with Crippen LogP contribution in [0.15, 0.2) is 16.5 Å². The number of thiophene rings is 1. The second kappa shape index (κ2) is 7.82. The lowest BCUT2D eigenvalue weighted by atomic mass is 9.76. The molecule has 2 amide bonds. The van der Waals surface area contributed by atoms with Crippen molar-refractivity contribution in [2.75, 3.05) is 0 Å². The molecule has 0 radical (unpaired) electrons. The highest BCUT2D eigenvalue weighted by Crippen LogP contribution is 2.34. The Balaban J connectivity index is 2.06. The fourth-order valence-electron chi connectivity index (χ4n) is 3.22. The average Bonchev–Trinajstić information content (AvgIpc) is 2.94. The van der Waals surface area contributed by atoms with Crippen molar-refractivity contribution in [1.82, 2.24) is 10.9 Å². The number of nitrogens with one attached hydrogen (secondary N) is 2. The van der Waals surface area contributed by atoms with Crippen LogP contribution in [-0.2, 0) is 16.0 Å². The maximum atomic E-state index is 12.5. The summed E-state index contributed by atoms with van der Waals surface area (Å²) in [7, 11) is 0. The summed E-state index contributed by atoms with van der Waals surface area (Å²) in [5.41, 5.74) is 8.41. The Kier molecular flexibility index (Phi) is 6.00. The van der Waals surface area contributed by atoms with Crippen LogP contribution in [-0.4, -0.2) is 22.9 Å². The van der Waals surface area contributed by atoms with E-state index in [4.69, 9.17) is 0 Å². The molecule has 3 N–H and O–H groups in total. The number of carbonyl (C=O) groups excluding carboxylic acids is 2.